The predicted octanol–water partition coefficient (Wildman–Crippen LogP) is 2.35. The van der Waals surface area contributed by atoms with Crippen LogP contribution in [0.25, 0.3) is 0 Å². The zero-order chi connectivity index (χ0) is 14.5. The second-order valence-corrected chi connectivity index (χ2v) is 5.31. The predicted molar refractivity (Wildman–Crippen MR) is 74.7 cm³/mol. The molecular weight excluding hydrogens is 259 g/mol. The maximum atomic E-state index is 12.8. The number of benzene rings is 1. The largest absolute Gasteiger partial charge is 0.387 e. The van der Waals surface area contributed by atoms with Gasteiger partial charge >= 0.3 is 6.03 Å². The number of rotatable bonds is 6. The Balaban J connectivity index is 1.69. The minimum absolute atomic E-state index is 0.114. The Morgan fingerprint density at radius 1 is 1.45 bits per heavy atom. The molecule has 3 unspecified atom stereocenters. The van der Waals surface area contributed by atoms with Crippen LogP contribution in [0.3, 0.4) is 0 Å². The molecule has 3 atom stereocenters. The van der Waals surface area contributed by atoms with E-state index in [4.69, 9.17) is 0 Å². The van der Waals surface area contributed by atoms with Gasteiger partial charge in [0.1, 0.15) is 5.82 Å². The first-order valence-electron chi connectivity index (χ1n) is 7.08. The summed E-state index contributed by atoms with van der Waals surface area (Å²) in [7, 11) is 0. The zero-order valence-electron chi connectivity index (χ0n) is 11.6. The molecule has 1 saturated carbocycles. The quantitative estimate of drug-likeness (QED) is 0.749. The van der Waals surface area contributed by atoms with Gasteiger partial charge in [-0.25, -0.2) is 9.18 Å². The van der Waals surface area contributed by atoms with Gasteiger partial charge in [-0.2, -0.15) is 0 Å². The Labute approximate surface area is 118 Å². The summed E-state index contributed by atoms with van der Waals surface area (Å²) in [5, 5.41) is 15.4. The van der Waals surface area contributed by atoms with E-state index in [2.05, 4.69) is 17.6 Å². The number of aliphatic hydroxyl groups is 1. The van der Waals surface area contributed by atoms with E-state index >= 15 is 0 Å². The fraction of sp³-hybridized carbons (Fsp3) is 0.533. The fourth-order valence-electron chi connectivity index (χ4n) is 2.33. The van der Waals surface area contributed by atoms with Crippen molar-refractivity contribution < 1.29 is 14.3 Å². The van der Waals surface area contributed by atoms with Gasteiger partial charge in [0.15, 0.2) is 0 Å². The number of hydrogen-bond donors (Lipinski definition) is 3. The van der Waals surface area contributed by atoms with Gasteiger partial charge in [0.2, 0.25) is 0 Å². The van der Waals surface area contributed by atoms with Crippen LogP contribution in [-0.4, -0.2) is 23.7 Å². The normalized spacial score (nSPS) is 22.1. The second-order valence-electron chi connectivity index (χ2n) is 5.31. The first-order chi connectivity index (χ1) is 9.60. The van der Waals surface area contributed by atoms with Crippen molar-refractivity contribution in [1.29, 1.82) is 0 Å². The summed E-state index contributed by atoms with van der Waals surface area (Å²) in [6.07, 6.45) is 2.49. The molecule has 1 aliphatic rings. The van der Waals surface area contributed by atoms with Crippen molar-refractivity contribution >= 4 is 6.03 Å². The zero-order valence-corrected chi connectivity index (χ0v) is 11.6. The van der Waals surface area contributed by atoms with Crippen LogP contribution in [0.2, 0.25) is 0 Å². The van der Waals surface area contributed by atoms with Crippen molar-refractivity contribution in [3.05, 3.63) is 35.6 Å². The van der Waals surface area contributed by atoms with E-state index in [0.29, 0.717) is 11.5 Å². The lowest BCUT2D eigenvalue weighted by Gasteiger charge is -2.13. The molecular formula is C15H21FN2O2. The highest BCUT2D eigenvalue weighted by molar-refractivity contribution is 5.74. The molecule has 1 aliphatic carbocycles. The highest BCUT2D eigenvalue weighted by Gasteiger charge is 2.37. The highest BCUT2D eigenvalue weighted by Crippen LogP contribution is 2.34. The molecule has 110 valence electrons. The minimum Gasteiger partial charge on any atom is -0.387 e. The van der Waals surface area contributed by atoms with Gasteiger partial charge in [-0.15, -0.1) is 0 Å². The molecule has 1 fully saturated rings. The first-order valence-corrected chi connectivity index (χ1v) is 7.08. The van der Waals surface area contributed by atoms with E-state index in [1.165, 1.54) is 24.3 Å². The van der Waals surface area contributed by atoms with Crippen molar-refractivity contribution in [2.24, 2.45) is 5.92 Å². The molecule has 3 N–H and O–H groups in total. The summed E-state index contributed by atoms with van der Waals surface area (Å²) in [5.41, 5.74) is 0.585. The third-order valence-corrected chi connectivity index (χ3v) is 3.61. The first kappa shape index (κ1) is 14.8. The molecule has 2 rings (SSSR count). The molecule has 0 heterocycles. The summed E-state index contributed by atoms with van der Waals surface area (Å²) in [5.74, 6) is 0.259. The van der Waals surface area contributed by atoms with Crippen LogP contribution in [0, 0.1) is 11.7 Å². The van der Waals surface area contributed by atoms with Crippen molar-refractivity contribution in [3.8, 4) is 0 Å². The van der Waals surface area contributed by atoms with Crippen LogP contribution >= 0.6 is 0 Å². The van der Waals surface area contributed by atoms with Gasteiger partial charge in [-0.05, 0) is 36.5 Å². The van der Waals surface area contributed by atoms with Gasteiger partial charge < -0.3 is 15.7 Å². The monoisotopic (exact) mass is 280 g/mol. The van der Waals surface area contributed by atoms with Crippen molar-refractivity contribution in [2.75, 3.05) is 6.54 Å². The average Bonchev–Trinajstić information content (AvgIpc) is 3.15. The van der Waals surface area contributed by atoms with Gasteiger partial charge in [0.05, 0.1) is 6.10 Å². The molecule has 4 nitrogen and oxygen atoms in total. The average molecular weight is 280 g/mol. The number of aliphatic hydroxyl groups excluding tert-OH is 1. The standard InChI is InChI=1S/C15H21FN2O2/c1-2-3-11-8-13(11)18-15(20)17-9-14(19)10-4-6-12(16)7-5-10/h4-7,11,13-14,19H,2-3,8-9H2,1H3,(H2,17,18,20). The van der Waals surface area contributed by atoms with Crippen LogP contribution in [0.4, 0.5) is 9.18 Å². The third-order valence-electron chi connectivity index (χ3n) is 3.61. The van der Waals surface area contributed by atoms with Crippen molar-refractivity contribution in [1.82, 2.24) is 10.6 Å². The Morgan fingerprint density at radius 2 is 2.15 bits per heavy atom. The Bertz CT molecular complexity index is 450. The van der Waals surface area contributed by atoms with E-state index in [1.54, 1.807) is 0 Å². The molecule has 5 heteroatoms. The number of halogens is 1. The van der Waals surface area contributed by atoms with Crippen molar-refractivity contribution in [2.45, 2.75) is 38.3 Å². The number of carbonyl (C=O) groups is 1. The molecule has 1 aromatic rings. The van der Waals surface area contributed by atoms with Crippen LogP contribution in [0.5, 0.6) is 0 Å². The Morgan fingerprint density at radius 3 is 2.80 bits per heavy atom. The summed E-state index contributed by atoms with van der Waals surface area (Å²) in [6.45, 7) is 2.25. The van der Waals surface area contributed by atoms with E-state index in [0.717, 1.165) is 19.3 Å². The van der Waals surface area contributed by atoms with Crippen LogP contribution < -0.4 is 10.6 Å². The van der Waals surface area contributed by atoms with Crippen LogP contribution in [-0.2, 0) is 0 Å². The van der Waals surface area contributed by atoms with E-state index in [-0.39, 0.29) is 24.4 Å². The van der Waals surface area contributed by atoms with Gasteiger partial charge in [0.25, 0.3) is 0 Å². The van der Waals surface area contributed by atoms with Crippen LogP contribution in [0.15, 0.2) is 24.3 Å². The van der Waals surface area contributed by atoms with Crippen LogP contribution in [0.1, 0.15) is 37.9 Å². The molecule has 0 spiro atoms. The number of amides is 2. The summed E-state index contributed by atoms with van der Waals surface area (Å²) in [6, 6.07) is 5.62. The molecule has 0 aliphatic heterocycles. The summed E-state index contributed by atoms with van der Waals surface area (Å²) in [4.78, 5) is 11.6. The molecule has 0 saturated heterocycles. The maximum Gasteiger partial charge on any atom is 0.315 e. The van der Waals surface area contributed by atoms with E-state index < -0.39 is 6.10 Å². The number of hydrogen-bond acceptors (Lipinski definition) is 2. The molecule has 0 aromatic heterocycles. The van der Waals surface area contributed by atoms with E-state index in [9.17, 15) is 14.3 Å². The number of urea groups is 1. The van der Waals surface area contributed by atoms with E-state index in [1.807, 2.05) is 0 Å². The second kappa shape index (κ2) is 6.70. The summed E-state index contributed by atoms with van der Waals surface area (Å²) < 4.78 is 12.8. The van der Waals surface area contributed by atoms with Gasteiger partial charge in [-0.1, -0.05) is 25.5 Å². The number of nitrogens with one attached hydrogen (secondary N) is 2. The number of carbonyl (C=O) groups excluding carboxylic acids is 1. The highest BCUT2D eigenvalue weighted by atomic mass is 19.1. The lowest BCUT2D eigenvalue weighted by atomic mass is 10.1. The Kier molecular flexibility index (Phi) is 4.95. The lowest BCUT2D eigenvalue weighted by Crippen LogP contribution is -2.39. The van der Waals surface area contributed by atoms with Gasteiger partial charge in [0, 0.05) is 12.6 Å². The molecule has 20 heavy (non-hydrogen) atoms. The molecule has 2 amide bonds. The SMILES string of the molecule is CCCC1CC1NC(=O)NCC(O)c1ccc(F)cc1. The minimum atomic E-state index is -0.827. The van der Waals surface area contributed by atoms with Gasteiger partial charge in [-0.3, -0.25) is 0 Å². The molecule has 1 aromatic carbocycles. The maximum absolute atomic E-state index is 12.8. The third kappa shape index (κ3) is 4.20. The smallest absolute Gasteiger partial charge is 0.315 e. The topological polar surface area (TPSA) is 61.4 Å². The molecule has 0 radical (unpaired) electrons. The lowest BCUT2D eigenvalue weighted by molar-refractivity contribution is 0.173. The summed E-state index contributed by atoms with van der Waals surface area (Å²) >= 11 is 0. The Hall–Kier alpha value is -1.62. The fourth-order valence-corrected chi connectivity index (χ4v) is 2.33. The molecule has 0 bridgehead atoms. The van der Waals surface area contributed by atoms with Crippen molar-refractivity contribution in [3.63, 3.8) is 0 Å².